The second kappa shape index (κ2) is 16.2. The number of benzene rings is 4. The summed E-state index contributed by atoms with van der Waals surface area (Å²) in [6.45, 7) is 3.25. The summed E-state index contributed by atoms with van der Waals surface area (Å²) in [5.74, 6) is -1.18. The Labute approximate surface area is 290 Å². The molecule has 2 amide bonds. The van der Waals surface area contributed by atoms with Crippen LogP contribution >= 0.6 is 0 Å². The number of aliphatic hydroxyl groups is 2. The van der Waals surface area contributed by atoms with Crippen molar-refractivity contribution in [2.75, 3.05) is 9.80 Å². The molecular weight excluding hydrogens is 632 g/mol. The maximum absolute atomic E-state index is 13.0. The van der Waals surface area contributed by atoms with Gasteiger partial charge in [0.15, 0.2) is 11.4 Å². The van der Waals surface area contributed by atoms with Crippen LogP contribution in [-0.4, -0.2) is 22.0 Å². The molecule has 10 nitrogen and oxygen atoms in total. The van der Waals surface area contributed by atoms with Gasteiger partial charge < -0.3 is 20.6 Å². The highest BCUT2D eigenvalue weighted by atomic mass is 16.5. The Morgan fingerprint density at radius 1 is 0.460 bits per heavy atom. The van der Waals surface area contributed by atoms with Crippen LogP contribution in [0.25, 0.3) is 0 Å². The first-order chi connectivity index (χ1) is 24.2. The Morgan fingerprint density at radius 3 is 0.980 bits per heavy atom. The molecule has 6 aromatic rings. The molecule has 0 bridgehead atoms. The van der Waals surface area contributed by atoms with Gasteiger partial charge in [0.05, 0.1) is 0 Å². The predicted molar refractivity (Wildman–Crippen MR) is 190 cm³/mol. The van der Waals surface area contributed by atoms with E-state index in [0.29, 0.717) is 43.6 Å². The number of para-hydroxylation sites is 4. The standard InChI is InChI=1S/2C20H18N2O3/c2*1-15-9-8-14-18(22(15)25)19(23)20(24)21(16-10-4-2-5-11-16)17-12-6-3-7-13-17/h2*2-14,19,23H,1H3/t2*19-/m10/s1. The average Bonchev–Trinajstić information content (AvgIpc) is 3.15. The second-order valence-electron chi connectivity index (χ2n) is 11.3. The van der Waals surface area contributed by atoms with Gasteiger partial charge in [0.25, 0.3) is 11.8 Å². The van der Waals surface area contributed by atoms with Crippen molar-refractivity contribution in [1.29, 1.82) is 0 Å². The highest BCUT2D eigenvalue weighted by Crippen LogP contribution is 2.30. The molecule has 2 N–H and O–H groups in total. The lowest BCUT2D eigenvalue weighted by atomic mass is 10.1. The van der Waals surface area contributed by atoms with E-state index in [0.717, 1.165) is 0 Å². The Balaban J connectivity index is 0.000000194. The van der Waals surface area contributed by atoms with Crippen molar-refractivity contribution in [1.82, 2.24) is 0 Å². The van der Waals surface area contributed by atoms with Gasteiger partial charge in [0.2, 0.25) is 23.6 Å². The van der Waals surface area contributed by atoms with Crippen molar-refractivity contribution in [3.63, 3.8) is 0 Å². The molecule has 2 aromatic heterocycles. The van der Waals surface area contributed by atoms with Crippen LogP contribution in [0.5, 0.6) is 0 Å². The first kappa shape index (κ1) is 35.0. The van der Waals surface area contributed by atoms with Gasteiger partial charge >= 0.3 is 0 Å². The maximum atomic E-state index is 13.0. The highest BCUT2D eigenvalue weighted by molar-refractivity contribution is 6.03. The molecule has 0 aliphatic rings. The summed E-state index contributed by atoms with van der Waals surface area (Å²) < 4.78 is 1.16. The third kappa shape index (κ3) is 7.84. The van der Waals surface area contributed by atoms with E-state index in [-0.39, 0.29) is 11.4 Å². The molecule has 0 saturated carbocycles. The van der Waals surface area contributed by atoms with Crippen LogP contribution in [0.3, 0.4) is 0 Å². The van der Waals surface area contributed by atoms with Crippen LogP contribution < -0.4 is 19.3 Å². The van der Waals surface area contributed by atoms with E-state index in [1.165, 1.54) is 21.9 Å². The molecule has 0 spiro atoms. The number of nitrogens with zero attached hydrogens (tertiary/aromatic N) is 4. The number of hydrogen-bond donors (Lipinski definition) is 2. The van der Waals surface area contributed by atoms with E-state index < -0.39 is 24.0 Å². The molecular formula is C40H36N4O6. The van der Waals surface area contributed by atoms with Gasteiger partial charge in [-0.25, -0.2) is 0 Å². The molecule has 0 unspecified atom stereocenters. The summed E-state index contributed by atoms with van der Waals surface area (Å²) in [4.78, 5) is 28.9. The quantitative estimate of drug-likeness (QED) is 0.150. The minimum atomic E-state index is -1.57. The van der Waals surface area contributed by atoms with Crippen molar-refractivity contribution in [2.45, 2.75) is 26.1 Å². The Kier molecular flexibility index (Phi) is 11.3. The van der Waals surface area contributed by atoms with E-state index in [1.54, 1.807) is 86.6 Å². The normalized spacial score (nSPS) is 11.8. The van der Waals surface area contributed by atoms with Gasteiger partial charge in [-0.05, 0) is 60.7 Å². The maximum Gasteiger partial charge on any atom is 0.271 e. The third-order valence-corrected chi connectivity index (χ3v) is 7.85. The number of anilines is 4. The molecule has 252 valence electrons. The molecule has 0 radical (unpaired) electrons. The fourth-order valence-electron chi connectivity index (χ4n) is 5.27. The Hall–Kier alpha value is -6.36. The Bertz CT molecular complexity index is 1800. The van der Waals surface area contributed by atoms with Crippen LogP contribution in [0.4, 0.5) is 22.7 Å². The first-order valence-corrected chi connectivity index (χ1v) is 15.8. The zero-order valence-corrected chi connectivity index (χ0v) is 27.5. The number of aryl methyl sites for hydroxylation is 2. The molecule has 10 heteroatoms. The Morgan fingerprint density at radius 2 is 0.720 bits per heavy atom. The first-order valence-electron chi connectivity index (χ1n) is 15.8. The minimum Gasteiger partial charge on any atom is -0.618 e. The number of aromatic nitrogens is 2. The smallest absolute Gasteiger partial charge is 0.271 e. The molecule has 6 rings (SSSR count). The van der Waals surface area contributed by atoms with Crippen LogP contribution in [-0.2, 0) is 9.59 Å². The van der Waals surface area contributed by atoms with Gasteiger partial charge in [-0.2, -0.15) is 9.46 Å². The number of hydrogen-bond acceptors (Lipinski definition) is 6. The van der Waals surface area contributed by atoms with Crippen LogP contribution in [0, 0.1) is 24.3 Å². The van der Waals surface area contributed by atoms with Gasteiger partial charge in [0, 0.05) is 60.9 Å². The monoisotopic (exact) mass is 668 g/mol. The number of aliphatic hydroxyl groups excluding tert-OH is 2. The van der Waals surface area contributed by atoms with Crippen molar-refractivity contribution in [2.24, 2.45) is 0 Å². The summed E-state index contributed by atoms with van der Waals surface area (Å²) in [6.07, 6.45) is -3.14. The van der Waals surface area contributed by atoms with E-state index in [4.69, 9.17) is 0 Å². The van der Waals surface area contributed by atoms with E-state index in [2.05, 4.69) is 0 Å². The fourth-order valence-corrected chi connectivity index (χ4v) is 5.27. The van der Waals surface area contributed by atoms with Crippen LogP contribution in [0.2, 0.25) is 0 Å². The summed E-state index contributed by atoms with van der Waals surface area (Å²) in [6, 6.07) is 45.5. The summed E-state index contributed by atoms with van der Waals surface area (Å²) in [7, 11) is 0. The molecule has 0 aliphatic heterocycles. The van der Waals surface area contributed by atoms with E-state index >= 15 is 0 Å². The average molecular weight is 669 g/mol. The number of carbonyl (C=O) groups excluding carboxylic acids is 2. The van der Waals surface area contributed by atoms with Crippen LogP contribution in [0.1, 0.15) is 35.0 Å². The van der Waals surface area contributed by atoms with Crippen LogP contribution in [0.15, 0.2) is 158 Å². The van der Waals surface area contributed by atoms with Crippen molar-refractivity contribution < 1.29 is 29.3 Å². The summed E-state index contributed by atoms with van der Waals surface area (Å²) in [5, 5.41) is 45.5. The highest BCUT2D eigenvalue weighted by Gasteiger charge is 2.33. The molecule has 0 aliphatic carbocycles. The second-order valence-corrected chi connectivity index (χ2v) is 11.3. The molecule has 2 heterocycles. The SMILES string of the molecule is Cc1cccc([C@@H](O)C(=O)N(c2ccccc2)c2ccccc2)[n+]1[O-].Cc1cccc([C@H](O)C(=O)N(c2ccccc2)c2ccccc2)[n+]1[O-]. The predicted octanol–water partition coefficient (Wildman–Crippen LogP) is 6.05. The minimum absolute atomic E-state index is 0.00172. The molecule has 4 aromatic carbocycles. The summed E-state index contributed by atoms with van der Waals surface area (Å²) >= 11 is 0. The van der Waals surface area contributed by atoms with Gasteiger partial charge in [-0.15, -0.1) is 0 Å². The summed E-state index contributed by atoms with van der Waals surface area (Å²) in [5.41, 5.74) is 3.28. The molecule has 50 heavy (non-hydrogen) atoms. The topological polar surface area (TPSA) is 135 Å². The third-order valence-electron chi connectivity index (χ3n) is 7.85. The van der Waals surface area contributed by atoms with E-state index in [1.807, 2.05) is 72.8 Å². The lowest BCUT2D eigenvalue weighted by Crippen LogP contribution is -2.41. The zero-order chi connectivity index (χ0) is 35.6. The number of amides is 2. The number of carbonyl (C=O) groups is 2. The molecule has 0 fully saturated rings. The zero-order valence-electron chi connectivity index (χ0n) is 27.5. The van der Waals surface area contributed by atoms with Gasteiger partial charge in [0.1, 0.15) is 0 Å². The van der Waals surface area contributed by atoms with Crippen molar-refractivity contribution >= 4 is 34.6 Å². The van der Waals surface area contributed by atoms with Crippen molar-refractivity contribution in [3.05, 3.63) is 191 Å². The lowest BCUT2D eigenvalue weighted by Gasteiger charge is -2.25. The number of pyridine rings is 2. The largest absolute Gasteiger partial charge is 0.618 e. The van der Waals surface area contributed by atoms with Gasteiger partial charge in [-0.1, -0.05) is 72.8 Å². The molecule has 2 atom stereocenters. The van der Waals surface area contributed by atoms with E-state index in [9.17, 15) is 30.2 Å². The van der Waals surface area contributed by atoms with Gasteiger partial charge in [-0.3, -0.25) is 19.4 Å². The van der Waals surface area contributed by atoms with Crippen molar-refractivity contribution in [3.8, 4) is 0 Å². The number of rotatable bonds is 8. The lowest BCUT2D eigenvalue weighted by molar-refractivity contribution is -0.624. The fraction of sp³-hybridized carbons (Fsp3) is 0.100. The molecule has 0 saturated heterocycles.